The molecule has 0 unspecified atom stereocenters. The van der Waals surface area contributed by atoms with Crippen molar-refractivity contribution in [3.63, 3.8) is 0 Å². The number of benzene rings is 2. The Morgan fingerprint density at radius 2 is 1.84 bits per heavy atom. The Bertz CT molecular complexity index is 1040. The van der Waals surface area contributed by atoms with Crippen molar-refractivity contribution in [1.29, 1.82) is 0 Å². The molecule has 3 rings (SSSR count). The summed E-state index contributed by atoms with van der Waals surface area (Å²) in [6.07, 6.45) is 3.45. The summed E-state index contributed by atoms with van der Waals surface area (Å²) in [5.74, 6) is 1.54. The van der Waals surface area contributed by atoms with E-state index in [-0.39, 0.29) is 18.4 Å². The molecular formula is C25H32N4O3. The Hall–Kier alpha value is -3.35. The van der Waals surface area contributed by atoms with Crippen LogP contribution in [0.25, 0.3) is 11.0 Å². The van der Waals surface area contributed by atoms with E-state index in [9.17, 15) is 9.59 Å². The number of para-hydroxylation sites is 2. The molecular weight excluding hydrogens is 404 g/mol. The molecule has 0 fully saturated rings. The van der Waals surface area contributed by atoms with Gasteiger partial charge in [-0.3, -0.25) is 9.59 Å². The molecule has 0 aliphatic carbocycles. The predicted molar refractivity (Wildman–Crippen MR) is 126 cm³/mol. The molecule has 0 bridgehead atoms. The lowest BCUT2D eigenvalue weighted by molar-refractivity contribution is -0.130. The third-order valence-corrected chi connectivity index (χ3v) is 5.51. The molecule has 1 N–H and O–H groups in total. The number of nitrogens with zero attached hydrogens (tertiary/aromatic N) is 3. The Balaban J connectivity index is 1.61. The minimum Gasteiger partial charge on any atom is -0.497 e. The fourth-order valence-electron chi connectivity index (χ4n) is 3.56. The van der Waals surface area contributed by atoms with Crippen LogP contribution in [-0.2, 0) is 17.8 Å². The lowest BCUT2D eigenvalue weighted by atomic mass is 10.2. The minimum atomic E-state index is -0.117. The zero-order valence-electron chi connectivity index (χ0n) is 19.1. The van der Waals surface area contributed by atoms with Crippen LogP contribution >= 0.6 is 0 Å². The monoisotopic (exact) mass is 436 g/mol. The number of aromatic nitrogens is 2. The van der Waals surface area contributed by atoms with Gasteiger partial charge in [-0.15, -0.1) is 0 Å². The fourth-order valence-corrected chi connectivity index (χ4v) is 3.56. The molecule has 0 atom stereocenters. The van der Waals surface area contributed by atoms with Gasteiger partial charge in [0.25, 0.3) is 5.91 Å². The second-order valence-electron chi connectivity index (χ2n) is 7.86. The van der Waals surface area contributed by atoms with Gasteiger partial charge in [0.1, 0.15) is 18.1 Å². The molecule has 0 saturated heterocycles. The van der Waals surface area contributed by atoms with Crippen molar-refractivity contribution in [1.82, 2.24) is 19.8 Å². The molecule has 7 heteroatoms. The standard InChI is InChI=1S/C25H32N4O3/c1-4-5-17-28(2)24(30)18-29-22-10-7-6-9-21(22)27-23(29)11-8-16-26-25(31)19-12-14-20(32-3)15-13-19/h6-7,9-10,12-15H,4-5,8,11,16-18H2,1-3H3,(H,26,31). The molecule has 0 aliphatic rings. The van der Waals surface area contributed by atoms with Crippen molar-refractivity contribution in [3.8, 4) is 5.75 Å². The van der Waals surface area contributed by atoms with E-state index in [2.05, 4.69) is 12.2 Å². The number of imidazole rings is 1. The van der Waals surface area contributed by atoms with Gasteiger partial charge in [-0.2, -0.15) is 0 Å². The summed E-state index contributed by atoms with van der Waals surface area (Å²) < 4.78 is 7.13. The van der Waals surface area contributed by atoms with E-state index in [1.165, 1.54) is 0 Å². The number of ether oxygens (including phenoxy) is 1. The summed E-state index contributed by atoms with van der Waals surface area (Å²) >= 11 is 0. The van der Waals surface area contributed by atoms with E-state index in [0.29, 0.717) is 18.5 Å². The lowest BCUT2D eigenvalue weighted by Crippen LogP contribution is -2.31. The number of likely N-dealkylation sites (N-methyl/N-ethyl adjacent to an activating group) is 1. The smallest absolute Gasteiger partial charge is 0.251 e. The van der Waals surface area contributed by atoms with Crippen molar-refractivity contribution in [3.05, 3.63) is 59.9 Å². The highest BCUT2D eigenvalue weighted by Gasteiger charge is 2.16. The molecule has 32 heavy (non-hydrogen) atoms. The Kier molecular flexibility index (Phi) is 8.25. The number of hydrogen-bond donors (Lipinski definition) is 1. The second kappa shape index (κ2) is 11.3. The van der Waals surface area contributed by atoms with E-state index in [4.69, 9.17) is 9.72 Å². The molecule has 3 aromatic rings. The van der Waals surface area contributed by atoms with Gasteiger partial charge in [-0.1, -0.05) is 25.5 Å². The number of nitrogens with one attached hydrogen (secondary N) is 1. The number of fused-ring (bicyclic) bond motifs is 1. The first-order chi connectivity index (χ1) is 15.5. The molecule has 170 valence electrons. The number of carbonyl (C=O) groups is 2. The van der Waals surface area contributed by atoms with Crippen LogP contribution in [-0.4, -0.2) is 53.5 Å². The fraction of sp³-hybridized carbons (Fsp3) is 0.400. The van der Waals surface area contributed by atoms with E-state index >= 15 is 0 Å². The topological polar surface area (TPSA) is 76.5 Å². The number of hydrogen-bond acceptors (Lipinski definition) is 4. The van der Waals surface area contributed by atoms with E-state index < -0.39 is 0 Å². The maximum absolute atomic E-state index is 12.7. The van der Waals surface area contributed by atoms with Gasteiger partial charge < -0.3 is 19.5 Å². The summed E-state index contributed by atoms with van der Waals surface area (Å²) in [5.41, 5.74) is 2.44. The van der Waals surface area contributed by atoms with Gasteiger partial charge in [-0.05, 0) is 49.2 Å². The number of carbonyl (C=O) groups excluding carboxylic acids is 2. The molecule has 0 radical (unpaired) electrons. The average molecular weight is 437 g/mol. The van der Waals surface area contributed by atoms with Crippen molar-refractivity contribution < 1.29 is 14.3 Å². The molecule has 1 aromatic heterocycles. The van der Waals surface area contributed by atoms with E-state index in [1.54, 1.807) is 36.3 Å². The number of aryl methyl sites for hydroxylation is 1. The van der Waals surface area contributed by atoms with Crippen LogP contribution in [0.15, 0.2) is 48.5 Å². The first-order valence-electron chi connectivity index (χ1n) is 11.1. The maximum Gasteiger partial charge on any atom is 0.251 e. The molecule has 7 nitrogen and oxygen atoms in total. The summed E-state index contributed by atoms with van der Waals surface area (Å²) in [5, 5.41) is 2.95. The van der Waals surface area contributed by atoms with Crippen molar-refractivity contribution >= 4 is 22.8 Å². The number of amides is 2. The Labute approximate surface area is 189 Å². The first kappa shape index (κ1) is 23.3. The lowest BCUT2D eigenvalue weighted by Gasteiger charge is -2.18. The van der Waals surface area contributed by atoms with Crippen molar-refractivity contribution in [2.45, 2.75) is 39.2 Å². The average Bonchev–Trinajstić information content (AvgIpc) is 3.17. The zero-order chi connectivity index (χ0) is 22.9. The van der Waals surface area contributed by atoms with Gasteiger partial charge >= 0.3 is 0 Å². The maximum atomic E-state index is 12.7. The van der Waals surface area contributed by atoms with Crippen LogP contribution in [0.5, 0.6) is 5.75 Å². The van der Waals surface area contributed by atoms with Crippen LogP contribution < -0.4 is 10.1 Å². The van der Waals surface area contributed by atoms with Crippen LogP contribution in [0.4, 0.5) is 0 Å². The van der Waals surface area contributed by atoms with Crippen LogP contribution in [0.3, 0.4) is 0 Å². The summed E-state index contributed by atoms with van der Waals surface area (Å²) in [7, 11) is 3.45. The minimum absolute atomic E-state index is 0.0793. The number of rotatable bonds is 11. The van der Waals surface area contributed by atoms with E-state index in [0.717, 1.165) is 48.4 Å². The summed E-state index contributed by atoms with van der Waals surface area (Å²) in [4.78, 5) is 31.6. The van der Waals surface area contributed by atoms with Gasteiger partial charge in [0.2, 0.25) is 5.91 Å². The van der Waals surface area contributed by atoms with Gasteiger partial charge in [0.15, 0.2) is 0 Å². The van der Waals surface area contributed by atoms with Crippen LogP contribution in [0, 0.1) is 0 Å². The van der Waals surface area contributed by atoms with Gasteiger partial charge in [-0.25, -0.2) is 4.98 Å². The second-order valence-corrected chi connectivity index (χ2v) is 7.86. The Morgan fingerprint density at radius 1 is 1.09 bits per heavy atom. The largest absolute Gasteiger partial charge is 0.497 e. The molecule has 2 aromatic carbocycles. The van der Waals surface area contributed by atoms with Crippen molar-refractivity contribution in [2.24, 2.45) is 0 Å². The SMILES string of the molecule is CCCCN(C)C(=O)Cn1c(CCCNC(=O)c2ccc(OC)cc2)nc2ccccc21. The highest BCUT2D eigenvalue weighted by atomic mass is 16.5. The molecule has 1 heterocycles. The van der Waals surface area contributed by atoms with Crippen LogP contribution in [0.1, 0.15) is 42.4 Å². The van der Waals surface area contributed by atoms with Gasteiger partial charge in [0, 0.05) is 32.1 Å². The predicted octanol–water partition coefficient (Wildman–Crippen LogP) is 3.67. The van der Waals surface area contributed by atoms with Crippen LogP contribution in [0.2, 0.25) is 0 Å². The third kappa shape index (κ3) is 5.87. The summed E-state index contributed by atoms with van der Waals surface area (Å²) in [6, 6.07) is 14.9. The normalized spacial score (nSPS) is 10.8. The van der Waals surface area contributed by atoms with E-state index in [1.807, 2.05) is 35.9 Å². The Morgan fingerprint density at radius 3 is 2.56 bits per heavy atom. The highest BCUT2D eigenvalue weighted by Crippen LogP contribution is 2.18. The molecule has 2 amide bonds. The zero-order valence-corrected chi connectivity index (χ0v) is 19.1. The van der Waals surface area contributed by atoms with Crippen molar-refractivity contribution in [2.75, 3.05) is 27.2 Å². The highest BCUT2D eigenvalue weighted by molar-refractivity contribution is 5.94. The molecule has 0 saturated carbocycles. The summed E-state index contributed by atoms with van der Waals surface area (Å²) in [6.45, 7) is 3.68. The van der Waals surface area contributed by atoms with Gasteiger partial charge in [0.05, 0.1) is 18.1 Å². The number of unbranched alkanes of at least 4 members (excludes halogenated alkanes) is 1. The number of methoxy groups -OCH3 is 1. The molecule has 0 aliphatic heterocycles. The third-order valence-electron chi connectivity index (χ3n) is 5.51. The molecule has 0 spiro atoms. The first-order valence-corrected chi connectivity index (χ1v) is 11.1. The quantitative estimate of drug-likeness (QED) is 0.466.